The first-order valence-electron chi connectivity index (χ1n) is 10.3. The van der Waals surface area contributed by atoms with E-state index in [4.69, 9.17) is 4.74 Å². The van der Waals surface area contributed by atoms with Crippen molar-refractivity contribution in [2.24, 2.45) is 5.92 Å². The summed E-state index contributed by atoms with van der Waals surface area (Å²) in [5, 5.41) is 2.79. The number of fused-ring (bicyclic) bond motifs is 1. The van der Waals surface area contributed by atoms with E-state index in [2.05, 4.69) is 28.4 Å². The van der Waals surface area contributed by atoms with Crippen molar-refractivity contribution in [2.75, 3.05) is 29.4 Å². The number of hydrogen-bond donors (Lipinski definition) is 1. The number of alkyl carbamates (subject to hydrolysis) is 1. The van der Waals surface area contributed by atoms with Gasteiger partial charge in [-0.2, -0.15) is 0 Å². The van der Waals surface area contributed by atoms with Gasteiger partial charge in [0.25, 0.3) is 0 Å². The van der Waals surface area contributed by atoms with E-state index in [0.29, 0.717) is 6.54 Å². The van der Waals surface area contributed by atoms with E-state index in [0.717, 1.165) is 25.2 Å². The van der Waals surface area contributed by atoms with Crippen LogP contribution in [0.1, 0.15) is 53.0 Å². The average Bonchev–Trinajstić information content (AvgIpc) is 3.26. The van der Waals surface area contributed by atoms with E-state index < -0.39 is 17.7 Å². The number of amides is 2. The lowest BCUT2D eigenvalue weighted by Crippen LogP contribution is -2.52. The van der Waals surface area contributed by atoms with Crippen molar-refractivity contribution in [2.45, 2.75) is 65.5 Å². The fraction of sp³-hybridized carbons (Fsp3) is 0.636. The number of anilines is 2. The Morgan fingerprint density at radius 2 is 1.79 bits per heavy atom. The fourth-order valence-corrected chi connectivity index (χ4v) is 3.88. The topological polar surface area (TPSA) is 61.9 Å². The average molecular weight is 388 g/mol. The molecule has 28 heavy (non-hydrogen) atoms. The molecule has 154 valence electrons. The Morgan fingerprint density at radius 3 is 2.39 bits per heavy atom. The van der Waals surface area contributed by atoms with Crippen molar-refractivity contribution < 1.29 is 14.3 Å². The molecular formula is C22H33N3O3. The predicted molar refractivity (Wildman–Crippen MR) is 112 cm³/mol. The van der Waals surface area contributed by atoms with Crippen LogP contribution in [0.15, 0.2) is 18.2 Å². The summed E-state index contributed by atoms with van der Waals surface area (Å²) in [4.78, 5) is 29.8. The molecule has 0 aliphatic carbocycles. The third-order valence-corrected chi connectivity index (χ3v) is 5.31. The van der Waals surface area contributed by atoms with Gasteiger partial charge in [-0.3, -0.25) is 4.79 Å². The number of rotatable bonds is 4. The molecule has 0 bridgehead atoms. The summed E-state index contributed by atoms with van der Waals surface area (Å²) in [6.45, 7) is 12.1. The summed E-state index contributed by atoms with van der Waals surface area (Å²) in [6, 6.07) is 5.83. The Labute approximate surface area is 168 Å². The fourth-order valence-electron chi connectivity index (χ4n) is 3.88. The van der Waals surface area contributed by atoms with Crippen LogP contribution in [0.2, 0.25) is 0 Å². The van der Waals surface area contributed by atoms with Crippen LogP contribution in [-0.4, -0.2) is 43.3 Å². The van der Waals surface area contributed by atoms with Gasteiger partial charge in [0.1, 0.15) is 11.6 Å². The van der Waals surface area contributed by atoms with Gasteiger partial charge in [0, 0.05) is 31.0 Å². The minimum atomic E-state index is -0.615. The van der Waals surface area contributed by atoms with Crippen molar-refractivity contribution in [1.82, 2.24) is 5.32 Å². The van der Waals surface area contributed by atoms with Crippen LogP contribution in [0, 0.1) is 5.92 Å². The molecule has 1 fully saturated rings. The predicted octanol–water partition coefficient (Wildman–Crippen LogP) is 3.73. The van der Waals surface area contributed by atoms with Crippen LogP contribution < -0.4 is 15.1 Å². The molecular weight excluding hydrogens is 354 g/mol. The van der Waals surface area contributed by atoms with Gasteiger partial charge >= 0.3 is 6.09 Å². The lowest BCUT2D eigenvalue weighted by atomic mass is 10.0. The van der Waals surface area contributed by atoms with Crippen molar-refractivity contribution in [3.05, 3.63) is 23.8 Å². The molecule has 1 atom stereocenters. The molecule has 2 aliphatic rings. The van der Waals surface area contributed by atoms with Gasteiger partial charge in [-0.15, -0.1) is 0 Å². The van der Waals surface area contributed by atoms with Crippen molar-refractivity contribution in [3.63, 3.8) is 0 Å². The van der Waals surface area contributed by atoms with Crippen molar-refractivity contribution >= 4 is 23.4 Å². The Morgan fingerprint density at radius 1 is 1.11 bits per heavy atom. The maximum Gasteiger partial charge on any atom is 0.408 e. The van der Waals surface area contributed by atoms with Gasteiger partial charge in [-0.05, 0) is 63.6 Å². The second-order valence-electron chi connectivity index (χ2n) is 9.11. The number of nitrogens with one attached hydrogen (secondary N) is 1. The SMILES string of the molecule is CC(C)C(NC(=O)OC(C)(C)C)C(=O)N1CCc2ccc(N3CCCC3)cc21. The van der Waals surface area contributed by atoms with Crippen LogP contribution in [0.25, 0.3) is 0 Å². The van der Waals surface area contributed by atoms with E-state index in [1.807, 2.05) is 39.5 Å². The van der Waals surface area contributed by atoms with Gasteiger partial charge in [0.2, 0.25) is 5.91 Å². The number of carbonyl (C=O) groups excluding carboxylic acids is 2. The number of carbonyl (C=O) groups is 2. The summed E-state index contributed by atoms with van der Waals surface area (Å²) in [7, 11) is 0. The van der Waals surface area contributed by atoms with Crippen LogP contribution in [0.5, 0.6) is 0 Å². The lowest BCUT2D eigenvalue weighted by molar-refractivity contribution is -0.121. The third-order valence-electron chi connectivity index (χ3n) is 5.31. The molecule has 2 aliphatic heterocycles. The summed E-state index contributed by atoms with van der Waals surface area (Å²) in [5.41, 5.74) is 2.75. The molecule has 0 radical (unpaired) electrons. The van der Waals surface area contributed by atoms with Crippen LogP contribution in [0.3, 0.4) is 0 Å². The van der Waals surface area contributed by atoms with Crippen molar-refractivity contribution in [3.8, 4) is 0 Å². The Hall–Kier alpha value is -2.24. The molecule has 6 heteroatoms. The largest absolute Gasteiger partial charge is 0.444 e. The van der Waals surface area contributed by atoms with Gasteiger partial charge < -0.3 is 19.9 Å². The Balaban J connectivity index is 1.78. The van der Waals surface area contributed by atoms with E-state index in [-0.39, 0.29) is 11.8 Å². The number of nitrogens with zero attached hydrogens (tertiary/aromatic N) is 2. The smallest absolute Gasteiger partial charge is 0.408 e. The molecule has 0 saturated carbocycles. The summed E-state index contributed by atoms with van der Waals surface area (Å²) >= 11 is 0. The highest BCUT2D eigenvalue weighted by atomic mass is 16.6. The maximum absolute atomic E-state index is 13.3. The zero-order chi connectivity index (χ0) is 20.5. The van der Waals surface area contributed by atoms with E-state index >= 15 is 0 Å². The molecule has 2 heterocycles. The number of hydrogen-bond acceptors (Lipinski definition) is 4. The molecule has 1 N–H and O–H groups in total. The molecule has 2 amide bonds. The van der Waals surface area contributed by atoms with Gasteiger partial charge in [0.05, 0.1) is 0 Å². The van der Waals surface area contributed by atoms with E-state index in [1.165, 1.54) is 24.1 Å². The zero-order valence-electron chi connectivity index (χ0n) is 17.7. The lowest BCUT2D eigenvalue weighted by Gasteiger charge is -2.29. The summed E-state index contributed by atoms with van der Waals surface area (Å²) in [6.07, 6.45) is 2.73. The molecule has 1 saturated heterocycles. The molecule has 1 aromatic rings. The zero-order valence-corrected chi connectivity index (χ0v) is 17.7. The van der Waals surface area contributed by atoms with Gasteiger partial charge in [-0.25, -0.2) is 4.79 Å². The monoisotopic (exact) mass is 387 g/mol. The summed E-state index contributed by atoms with van der Waals surface area (Å²) < 4.78 is 5.36. The normalized spacial score (nSPS) is 17.6. The maximum atomic E-state index is 13.3. The molecule has 6 nitrogen and oxygen atoms in total. The molecule has 0 spiro atoms. The Bertz CT molecular complexity index is 733. The van der Waals surface area contributed by atoms with Gasteiger partial charge in [-0.1, -0.05) is 19.9 Å². The van der Waals surface area contributed by atoms with Crippen molar-refractivity contribution in [1.29, 1.82) is 0 Å². The summed E-state index contributed by atoms with van der Waals surface area (Å²) in [5.74, 6) is -0.107. The van der Waals surface area contributed by atoms with Gasteiger partial charge in [0.15, 0.2) is 0 Å². The number of benzene rings is 1. The highest BCUT2D eigenvalue weighted by molar-refractivity contribution is 6.01. The first-order valence-corrected chi connectivity index (χ1v) is 10.3. The minimum absolute atomic E-state index is 0.0363. The highest BCUT2D eigenvalue weighted by Crippen LogP contribution is 2.34. The molecule has 3 rings (SSSR count). The second-order valence-corrected chi connectivity index (χ2v) is 9.11. The van der Waals surface area contributed by atoms with Crippen LogP contribution in [-0.2, 0) is 16.0 Å². The van der Waals surface area contributed by atoms with Crippen LogP contribution in [0.4, 0.5) is 16.2 Å². The third kappa shape index (κ3) is 4.59. The highest BCUT2D eigenvalue weighted by Gasteiger charge is 2.34. The number of ether oxygens (including phenoxy) is 1. The molecule has 1 aromatic carbocycles. The van der Waals surface area contributed by atoms with E-state index in [1.54, 1.807) is 0 Å². The second kappa shape index (κ2) is 8.02. The first kappa shape index (κ1) is 20.5. The quantitative estimate of drug-likeness (QED) is 0.855. The molecule has 1 unspecified atom stereocenters. The Kier molecular flexibility index (Phi) is 5.87. The minimum Gasteiger partial charge on any atom is -0.444 e. The standard InChI is InChI=1S/C22H33N3O3/c1-15(2)19(23-21(27)28-22(3,4)5)20(26)25-13-10-16-8-9-17(14-18(16)25)24-11-6-7-12-24/h8-9,14-15,19H,6-7,10-13H2,1-5H3,(H,23,27). The van der Waals surface area contributed by atoms with Crippen LogP contribution >= 0.6 is 0 Å². The van der Waals surface area contributed by atoms with E-state index in [9.17, 15) is 9.59 Å². The molecule has 0 aromatic heterocycles. The first-order chi connectivity index (χ1) is 13.2.